The van der Waals surface area contributed by atoms with E-state index in [1.807, 2.05) is 31.3 Å². The molecule has 2 aromatic rings. The molecule has 2 unspecified atom stereocenters. The maximum absolute atomic E-state index is 13.5. The molecule has 106 valence electrons. The Labute approximate surface area is 124 Å². The molecule has 0 saturated carbocycles. The van der Waals surface area contributed by atoms with Crippen LogP contribution in [0.3, 0.4) is 0 Å². The second kappa shape index (κ2) is 6.38. The highest BCUT2D eigenvalue weighted by Crippen LogP contribution is 2.35. The van der Waals surface area contributed by atoms with Crippen LogP contribution in [-0.4, -0.2) is 7.05 Å². The molecule has 20 heavy (non-hydrogen) atoms. The highest BCUT2D eigenvalue weighted by atomic mass is 35.5. The maximum atomic E-state index is 13.5. The first-order valence-corrected chi connectivity index (χ1v) is 7.10. The summed E-state index contributed by atoms with van der Waals surface area (Å²) in [7, 11) is 1.90. The lowest BCUT2D eigenvalue weighted by Gasteiger charge is -2.26. The molecule has 0 bridgehead atoms. The molecule has 0 radical (unpaired) electrons. The minimum absolute atomic E-state index is 0.0456. The van der Waals surface area contributed by atoms with Crippen LogP contribution in [-0.2, 0) is 0 Å². The smallest absolute Gasteiger partial charge is 0.127 e. The summed E-state index contributed by atoms with van der Waals surface area (Å²) in [4.78, 5) is 0. The van der Waals surface area contributed by atoms with Crippen molar-refractivity contribution in [2.24, 2.45) is 0 Å². The maximum Gasteiger partial charge on any atom is 0.127 e. The van der Waals surface area contributed by atoms with Crippen molar-refractivity contribution >= 4 is 11.6 Å². The van der Waals surface area contributed by atoms with E-state index in [4.69, 9.17) is 11.6 Å². The second-order valence-electron chi connectivity index (χ2n) is 5.09. The average Bonchev–Trinajstić information content (AvgIpc) is 2.46. The molecule has 0 aliphatic rings. The summed E-state index contributed by atoms with van der Waals surface area (Å²) in [5, 5.41) is 3.77. The molecule has 0 aliphatic heterocycles. The normalized spacial score (nSPS) is 14.1. The van der Waals surface area contributed by atoms with Crippen LogP contribution in [0.2, 0.25) is 5.02 Å². The van der Waals surface area contributed by atoms with Gasteiger partial charge in [0.2, 0.25) is 0 Å². The third-order valence-corrected chi connectivity index (χ3v) is 4.08. The number of hydrogen-bond donors (Lipinski definition) is 1. The van der Waals surface area contributed by atoms with Crippen molar-refractivity contribution in [2.75, 3.05) is 7.05 Å². The molecule has 0 aliphatic carbocycles. The summed E-state index contributed by atoms with van der Waals surface area (Å²) < 4.78 is 13.5. The molecule has 1 N–H and O–H groups in total. The van der Waals surface area contributed by atoms with Gasteiger partial charge in [-0.2, -0.15) is 0 Å². The largest absolute Gasteiger partial charge is 0.312 e. The highest BCUT2D eigenvalue weighted by molar-refractivity contribution is 6.31. The van der Waals surface area contributed by atoms with Gasteiger partial charge in [0.1, 0.15) is 5.82 Å². The molecular weight excluding hydrogens is 273 g/mol. The molecule has 0 heterocycles. The molecule has 3 heteroatoms. The Kier molecular flexibility index (Phi) is 4.79. The molecule has 0 aromatic heterocycles. The van der Waals surface area contributed by atoms with Crippen molar-refractivity contribution in [3.63, 3.8) is 0 Å². The fourth-order valence-corrected chi connectivity index (χ4v) is 2.81. The van der Waals surface area contributed by atoms with Gasteiger partial charge in [0, 0.05) is 17.0 Å². The first-order valence-electron chi connectivity index (χ1n) is 6.72. The van der Waals surface area contributed by atoms with Gasteiger partial charge in [0.25, 0.3) is 0 Å². The van der Waals surface area contributed by atoms with E-state index in [1.54, 1.807) is 6.92 Å². The fraction of sp³-hybridized carbons (Fsp3) is 0.294. The highest BCUT2D eigenvalue weighted by Gasteiger charge is 2.22. The number of rotatable bonds is 4. The molecule has 2 rings (SSSR count). The monoisotopic (exact) mass is 291 g/mol. The third-order valence-electron chi connectivity index (χ3n) is 3.75. The number of aryl methyl sites for hydroxylation is 1. The van der Waals surface area contributed by atoms with E-state index < -0.39 is 0 Å². The van der Waals surface area contributed by atoms with E-state index in [0.29, 0.717) is 10.6 Å². The van der Waals surface area contributed by atoms with Gasteiger partial charge in [-0.25, -0.2) is 4.39 Å². The number of nitrogens with one attached hydrogen (secondary N) is 1. The van der Waals surface area contributed by atoms with Gasteiger partial charge in [-0.15, -0.1) is 0 Å². The van der Waals surface area contributed by atoms with Gasteiger partial charge in [0.15, 0.2) is 0 Å². The summed E-state index contributed by atoms with van der Waals surface area (Å²) in [6.07, 6.45) is 0. The number of benzene rings is 2. The van der Waals surface area contributed by atoms with Crippen molar-refractivity contribution in [1.82, 2.24) is 5.32 Å². The van der Waals surface area contributed by atoms with Gasteiger partial charge < -0.3 is 5.32 Å². The standard InChI is InChI=1S/C17H19ClFN/c1-11-9-14(15(18)10-16(11)19)17(20-3)12(2)13-7-5-4-6-8-13/h4-10,12,17,20H,1-3H3. The Morgan fingerprint density at radius 1 is 1.15 bits per heavy atom. The molecule has 2 atom stereocenters. The van der Waals surface area contributed by atoms with Crippen molar-refractivity contribution in [1.29, 1.82) is 0 Å². The van der Waals surface area contributed by atoms with E-state index in [-0.39, 0.29) is 17.8 Å². The molecule has 2 aromatic carbocycles. The zero-order valence-corrected chi connectivity index (χ0v) is 12.7. The lowest BCUT2D eigenvalue weighted by molar-refractivity contribution is 0.506. The first kappa shape index (κ1) is 15.0. The average molecular weight is 292 g/mol. The number of hydrogen-bond acceptors (Lipinski definition) is 1. The van der Waals surface area contributed by atoms with Crippen molar-refractivity contribution in [2.45, 2.75) is 25.8 Å². The Morgan fingerprint density at radius 3 is 2.40 bits per heavy atom. The summed E-state index contributed by atoms with van der Waals surface area (Å²) in [6.45, 7) is 3.90. The minimum atomic E-state index is -0.263. The number of halogens is 2. The second-order valence-corrected chi connectivity index (χ2v) is 5.50. The van der Waals surface area contributed by atoms with Gasteiger partial charge in [-0.05, 0) is 36.7 Å². The molecule has 0 saturated heterocycles. The van der Waals surface area contributed by atoms with Gasteiger partial charge in [-0.1, -0.05) is 54.9 Å². The SMILES string of the molecule is CNC(c1cc(C)c(F)cc1Cl)C(C)c1ccccc1. The van der Waals surface area contributed by atoms with E-state index in [0.717, 1.165) is 5.56 Å². The number of likely N-dealkylation sites (N-methyl/N-ethyl adjacent to an activating group) is 1. The summed E-state index contributed by atoms with van der Waals surface area (Å²) in [6, 6.07) is 13.5. The Balaban J connectivity index is 2.40. The lowest BCUT2D eigenvalue weighted by atomic mass is 9.88. The zero-order valence-electron chi connectivity index (χ0n) is 12.0. The van der Waals surface area contributed by atoms with Crippen LogP contribution in [0.1, 0.15) is 35.6 Å². The predicted molar refractivity (Wildman–Crippen MR) is 82.8 cm³/mol. The van der Waals surface area contributed by atoms with Crippen molar-refractivity contribution in [3.05, 3.63) is 70.0 Å². The molecule has 0 fully saturated rings. The summed E-state index contributed by atoms with van der Waals surface area (Å²) in [5.41, 5.74) is 2.78. The van der Waals surface area contributed by atoms with Gasteiger partial charge >= 0.3 is 0 Å². The van der Waals surface area contributed by atoms with Crippen LogP contribution >= 0.6 is 11.6 Å². The Hall–Kier alpha value is -1.38. The van der Waals surface area contributed by atoms with Crippen LogP contribution in [0.4, 0.5) is 4.39 Å². The third kappa shape index (κ3) is 3.02. The van der Waals surface area contributed by atoms with Gasteiger partial charge in [-0.3, -0.25) is 0 Å². The van der Waals surface area contributed by atoms with E-state index >= 15 is 0 Å². The summed E-state index contributed by atoms with van der Waals surface area (Å²) in [5.74, 6) is -0.0236. The molecule has 0 amide bonds. The Morgan fingerprint density at radius 2 is 1.80 bits per heavy atom. The summed E-state index contributed by atoms with van der Waals surface area (Å²) >= 11 is 6.23. The first-order chi connectivity index (χ1) is 9.54. The van der Waals surface area contributed by atoms with E-state index in [2.05, 4.69) is 24.4 Å². The van der Waals surface area contributed by atoms with E-state index in [1.165, 1.54) is 11.6 Å². The molecule has 0 spiro atoms. The van der Waals surface area contributed by atoms with Gasteiger partial charge in [0.05, 0.1) is 0 Å². The van der Waals surface area contributed by atoms with Crippen molar-refractivity contribution < 1.29 is 4.39 Å². The van der Waals surface area contributed by atoms with E-state index in [9.17, 15) is 4.39 Å². The fourth-order valence-electron chi connectivity index (χ4n) is 2.54. The zero-order chi connectivity index (χ0) is 14.7. The lowest BCUT2D eigenvalue weighted by Crippen LogP contribution is -2.23. The molecule has 1 nitrogen and oxygen atoms in total. The topological polar surface area (TPSA) is 12.0 Å². The quantitative estimate of drug-likeness (QED) is 0.849. The Bertz CT molecular complexity index is 583. The predicted octanol–water partition coefficient (Wildman–Crippen LogP) is 4.85. The van der Waals surface area contributed by atoms with Crippen molar-refractivity contribution in [3.8, 4) is 0 Å². The van der Waals surface area contributed by atoms with Crippen LogP contribution in [0.5, 0.6) is 0 Å². The van der Waals surface area contributed by atoms with Crippen LogP contribution in [0, 0.1) is 12.7 Å². The van der Waals surface area contributed by atoms with Crippen LogP contribution in [0.15, 0.2) is 42.5 Å². The molecular formula is C17H19ClFN. The van der Waals surface area contributed by atoms with Crippen LogP contribution in [0.25, 0.3) is 0 Å². The minimum Gasteiger partial charge on any atom is -0.312 e. The van der Waals surface area contributed by atoms with Crippen LogP contribution < -0.4 is 5.32 Å².